The second-order valence-corrected chi connectivity index (χ2v) is 7.56. The van der Waals surface area contributed by atoms with Crippen LogP contribution in [0.3, 0.4) is 0 Å². The van der Waals surface area contributed by atoms with Crippen LogP contribution in [0, 0.1) is 11.3 Å². The molecule has 0 saturated heterocycles. The molecule has 1 aromatic heterocycles. The fraction of sp³-hybridized carbons (Fsp3) is 0.360. The van der Waals surface area contributed by atoms with E-state index in [-0.39, 0.29) is 0 Å². The number of hydrogen-bond donors (Lipinski definition) is 1. The molecule has 1 heterocycles. The molecule has 0 unspecified atom stereocenters. The van der Waals surface area contributed by atoms with Gasteiger partial charge in [0.2, 0.25) is 0 Å². The molecule has 0 bridgehead atoms. The van der Waals surface area contributed by atoms with E-state index in [9.17, 15) is 10.1 Å². The maximum Gasteiger partial charge on any atom is 0.411 e. The van der Waals surface area contributed by atoms with Gasteiger partial charge in [0.1, 0.15) is 6.07 Å². The largest absolute Gasteiger partial charge is 0.449 e. The van der Waals surface area contributed by atoms with Crippen LogP contribution in [0.15, 0.2) is 42.5 Å². The lowest BCUT2D eigenvalue weighted by molar-refractivity contribution is 0.154. The lowest BCUT2D eigenvalue weighted by atomic mass is 10.0. The average molecular weight is 435 g/mol. The summed E-state index contributed by atoms with van der Waals surface area (Å²) < 4.78 is 12.6. The second-order valence-electron chi connectivity index (χ2n) is 7.56. The van der Waals surface area contributed by atoms with Gasteiger partial charge in [-0.2, -0.15) is 5.26 Å². The van der Waals surface area contributed by atoms with Crippen molar-refractivity contribution in [2.75, 3.05) is 43.6 Å². The SMILES string of the molecule is CCCOC(=O)Nc1cccc(-c2c(C#N)c3cc(N(C)CCOCC)ccc3n2C)c1. The van der Waals surface area contributed by atoms with Gasteiger partial charge in [0.05, 0.1) is 24.5 Å². The Morgan fingerprint density at radius 2 is 2.00 bits per heavy atom. The maximum absolute atomic E-state index is 11.9. The number of ether oxygens (including phenoxy) is 2. The molecule has 32 heavy (non-hydrogen) atoms. The summed E-state index contributed by atoms with van der Waals surface area (Å²) in [6.07, 6.45) is 0.277. The van der Waals surface area contributed by atoms with Crippen molar-refractivity contribution in [1.82, 2.24) is 4.57 Å². The fourth-order valence-corrected chi connectivity index (χ4v) is 3.69. The van der Waals surface area contributed by atoms with Gasteiger partial charge in [-0.05, 0) is 43.7 Å². The first-order valence-electron chi connectivity index (χ1n) is 10.9. The van der Waals surface area contributed by atoms with Gasteiger partial charge in [-0.15, -0.1) is 0 Å². The van der Waals surface area contributed by atoms with Gasteiger partial charge in [0.25, 0.3) is 0 Å². The minimum Gasteiger partial charge on any atom is -0.449 e. The van der Waals surface area contributed by atoms with Crippen LogP contribution < -0.4 is 10.2 Å². The molecule has 0 spiro atoms. The molecule has 0 aliphatic heterocycles. The van der Waals surface area contributed by atoms with Crippen LogP contribution >= 0.6 is 0 Å². The summed E-state index contributed by atoms with van der Waals surface area (Å²) in [5, 5.41) is 13.7. The molecule has 3 rings (SSSR count). The maximum atomic E-state index is 11.9. The number of benzene rings is 2. The number of carbonyl (C=O) groups excluding carboxylic acids is 1. The highest BCUT2D eigenvalue weighted by Crippen LogP contribution is 2.35. The molecule has 0 atom stereocenters. The smallest absolute Gasteiger partial charge is 0.411 e. The second kappa shape index (κ2) is 10.7. The number of nitrogens with zero attached hydrogens (tertiary/aromatic N) is 3. The Morgan fingerprint density at radius 3 is 2.72 bits per heavy atom. The van der Waals surface area contributed by atoms with Gasteiger partial charge >= 0.3 is 6.09 Å². The molecule has 7 heteroatoms. The molecule has 1 amide bonds. The number of aromatic nitrogens is 1. The molecule has 2 aromatic carbocycles. The van der Waals surface area contributed by atoms with Crippen molar-refractivity contribution in [1.29, 1.82) is 5.26 Å². The van der Waals surface area contributed by atoms with Gasteiger partial charge in [0.15, 0.2) is 0 Å². The number of amides is 1. The van der Waals surface area contributed by atoms with Gasteiger partial charge in [-0.25, -0.2) is 4.79 Å². The van der Waals surface area contributed by atoms with E-state index in [1.54, 1.807) is 6.07 Å². The highest BCUT2D eigenvalue weighted by atomic mass is 16.5. The molecular formula is C25H30N4O3. The van der Waals surface area contributed by atoms with E-state index in [1.165, 1.54) is 0 Å². The number of nitrogens with one attached hydrogen (secondary N) is 1. The van der Waals surface area contributed by atoms with E-state index < -0.39 is 6.09 Å². The first-order chi connectivity index (χ1) is 15.5. The van der Waals surface area contributed by atoms with Crippen molar-refractivity contribution >= 4 is 28.4 Å². The number of nitriles is 1. The lowest BCUT2D eigenvalue weighted by Crippen LogP contribution is -2.22. The Hall–Kier alpha value is -3.50. The van der Waals surface area contributed by atoms with Crippen LogP contribution in [0.25, 0.3) is 22.2 Å². The van der Waals surface area contributed by atoms with E-state index in [4.69, 9.17) is 9.47 Å². The first-order valence-corrected chi connectivity index (χ1v) is 10.9. The van der Waals surface area contributed by atoms with Crippen molar-refractivity contribution in [3.8, 4) is 17.3 Å². The quantitative estimate of drug-likeness (QED) is 0.471. The highest BCUT2D eigenvalue weighted by Gasteiger charge is 2.18. The number of anilines is 2. The van der Waals surface area contributed by atoms with Crippen LogP contribution in [0.4, 0.5) is 16.2 Å². The monoisotopic (exact) mass is 434 g/mol. The molecule has 1 N–H and O–H groups in total. The molecule has 7 nitrogen and oxygen atoms in total. The average Bonchev–Trinajstić information content (AvgIpc) is 3.08. The summed E-state index contributed by atoms with van der Waals surface area (Å²) >= 11 is 0. The van der Waals surface area contributed by atoms with Crippen LogP contribution in [-0.4, -0.2) is 44.1 Å². The van der Waals surface area contributed by atoms with Gasteiger partial charge < -0.3 is 18.9 Å². The van der Waals surface area contributed by atoms with Crippen LogP contribution in [0.5, 0.6) is 0 Å². The number of rotatable bonds is 9. The van der Waals surface area contributed by atoms with Crippen LogP contribution in [0.1, 0.15) is 25.8 Å². The lowest BCUT2D eigenvalue weighted by Gasteiger charge is -2.19. The molecular weight excluding hydrogens is 404 g/mol. The van der Waals surface area contributed by atoms with Crippen molar-refractivity contribution in [3.63, 3.8) is 0 Å². The summed E-state index contributed by atoms with van der Waals surface area (Å²) in [5.41, 5.74) is 4.88. The standard InChI is InChI=1S/C25H30N4O3/c1-5-13-32-25(30)27-19-9-7-8-18(15-19)24-22(17-26)21-16-20(10-11-23(21)29(24)4)28(3)12-14-31-6-2/h7-11,15-16H,5-6,12-14H2,1-4H3,(H,27,30). The Morgan fingerprint density at radius 1 is 1.19 bits per heavy atom. The number of hydrogen-bond acceptors (Lipinski definition) is 5. The van der Waals surface area contributed by atoms with Gasteiger partial charge in [-0.1, -0.05) is 19.1 Å². The highest BCUT2D eigenvalue weighted by molar-refractivity contribution is 5.97. The molecule has 0 saturated carbocycles. The van der Waals surface area contributed by atoms with Gasteiger partial charge in [-0.3, -0.25) is 5.32 Å². The van der Waals surface area contributed by atoms with Crippen LogP contribution in [0.2, 0.25) is 0 Å². The summed E-state index contributed by atoms with van der Waals surface area (Å²) in [6, 6.07) is 16.0. The van der Waals surface area contributed by atoms with E-state index in [0.29, 0.717) is 31.1 Å². The predicted molar refractivity (Wildman–Crippen MR) is 128 cm³/mol. The first kappa shape index (κ1) is 23.2. The normalized spacial score (nSPS) is 10.7. The van der Waals surface area contributed by atoms with Crippen molar-refractivity contribution in [2.24, 2.45) is 7.05 Å². The van der Waals surface area contributed by atoms with E-state index in [1.807, 2.05) is 62.8 Å². The summed E-state index contributed by atoms with van der Waals surface area (Å²) in [4.78, 5) is 14.1. The Balaban J connectivity index is 1.97. The summed E-state index contributed by atoms with van der Waals surface area (Å²) in [6.45, 7) is 6.40. The molecule has 0 aliphatic carbocycles. The summed E-state index contributed by atoms with van der Waals surface area (Å²) in [5.74, 6) is 0. The molecule has 3 aromatic rings. The Bertz CT molecular complexity index is 1130. The zero-order chi connectivity index (χ0) is 23.1. The molecule has 0 radical (unpaired) electrons. The zero-order valence-corrected chi connectivity index (χ0v) is 19.1. The molecule has 168 valence electrons. The van der Waals surface area contributed by atoms with E-state index in [0.717, 1.165) is 40.8 Å². The van der Waals surface area contributed by atoms with E-state index in [2.05, 4.69) is 22.4 Å². The van der Waals surface area contributed by atoms with Crippen molar-refractivity contribution in [3.05, 3.63) is 48.0 Å². The van der Waals surface area contributed by atoms with Crippen molar-refractivity contribution in [2.45, 2.75) is 20.3 Å². The fourth-order valence-electron chi connectivity index (χ4n) is 3.69. The van der Waals surface area contributed by atoms with Crippen LogP contribution in [-0.2, 0) is 16.5 Å². The summed E-state index contributed by atoms with van der Waals surface area (Å²) in [7, 11) is 3.97. The molecule has 0 aliphatic rings. The molecule has 0 fully saturated rings. The number of likely N-dealkylation sites (N-methyl/N-ethyl adjacent to an activating group) is 1. The number of carbonyl (C=O) groups is 1. The number of aryl methyl sites for hydroxylation is 1. The van der Waals surface area contributed by atoms with Crippen molar-refractivity contribution < 1.29 is 14.3 Å². The Kier molecular flexibility index (Phi) is 7.74. The topological polar surface area (TPSA) is 79.5 Å². The minimum atomic E-state index is -0.485. The zero-order valence-electron chi connectivity index (χ0n) is 19.1. The third-order valence-corrected chi connectivity index (χ3v) is 5.33. The Labute approximate surface area is 189 Å². The third-order valence-electron chi connectivity index (χ3n) is 5.33. The number of fused-ring (bicyclic) bond motifs is 1. The van der Waals surface area contributed by atoms with Gasteiger partial charge in [0, 0.05) is 55.1 Å². The third kappa shape index (κ3) is 5.04. The van der Waals surface area contributed by atoms with E-state index >= 15 is 0 Å². The predicted octanol–water partition coefficient (Wildman–Crippen LogP) is 5.15. The minimum absolute atomic E-state index is 0.370.